The van der Waals surface area contributed by atoms with Gasteiger partial charge in [-0.05, 0) is 57.3 Å². The minimum Gasteiger partial charge on any atom is -0.375 e. The predicted molar refractivity (Wildman–Crippen MR) is 79.9 cm³/mol. The van der Waals surface area contributed by atoms with Gasteiger partial charge in [0.05, 0.1) is 12.2 Å². The monoisotopic (exact) mass is 254 g/mol. The third-order valence-corrected chi connectivity index (χ3v) is 3.90. The maximum atomic E-state index is 5.97. The highest BCUT2D eigenvalue weighted by Gasteiger charge is 2.42. The minimum atomic E-state index is 0.0296. The first-order valence-corrected chi connectivity index (χ1v) is 7.76. The van der Waals surface area contributed by atoms with Crippen LogP contribution in [0.2, 0.25) is 0 Å². The quantitative estimate of drug-likeness (QED) is 0.539. The van der Waals surface area contributed by atoms with E-state index in [9.17, 15) is 0 Å². The van der Waals surface area contributed by atoms with Crippen LogP contribution in [0.3, 0.4) is 0 Å². The van der Waals surface area contributed by atoms with Crippen LogP contribution in [-0.4, -0.2) is 12.2 Å². The second-order valence-corrected chi connectivity index (χ2v) is 8.52. The lowest BCUT2D eigenvalue weighted by Crippen LogP contribution is -2.24. The van der Waals surface area contributed by atoms with E-state index >= 15 is 0 Å². The highest BCUT2D eigenvalue weighted by molar-refractivity contribution is 4.93. The lowest BCUT2D eigenvalue weighted by Gasteiger charge is -2.24. The van der Waals surface area contributed by atoms with Gasteiger partial charge in [-0.2, -0.15) is 0 Å². The summed E-state index contributed by atoms with van der Waals surface area (Å²) in [6.45, 7) is 14.5. The second-order valence-electron chi connectivity index (χ2n) is 8.52. The maximum Gasteiger partial charge on any atom is 0.0598 e. The average molecular weight is 254 g/mol. The second kappa shape index (κ2) is 5.94. The number of unbranched alkanes of at least 4 members (excludes halogenated alkanes) is 2. The van der Waals surface area contributed by atoms with E-state index < -0.39 is 0 Å². The van der Waals surface area contributed by atoms with Crippen molar-refractivity contribution in [1.82, 2.24) is 0 Å². The van der Waals surface area contributed by atoms with Gasteiger partial charge in [0.15, 0.2) is 0 Å². The van der Waals surface area contributed by atoms with Crippen LogP contribution in [0.4, 0.5) is 0 Å². The van der Waals surface area contributed by atoms with E-state index in [-0.39, 0.29) is 5.60 Å². The van der Waals surface area contributed by atoms with Crippen LogP contribution in [0.1, 0.15) is 86.5 Å². The molecular formula is C17H34O. The molecule has 0 aliphatic heterocycles. The summed E-state index contributed by atoms with van der Waals surface area (Å²) in [4.78, 5) is 0. The molecule has 0 bridgehead atoms. The normalized spacial score (nSPS) is 19.0. The summed E-state index contributed by atoms with van der Waals surface area (Å²) in [5, 5.41) is 0. The lowest BCUT2D eigenvalue weighted by atomic mass is 9.88. The van der Waals surface area contributed by atoms with Crippen LogP contribution in [0.15, 0.2) is 0 Å². The van der Waals surface area contributed by atoms with E-state index in [0.29, 0.717) is 10.8 Å². The molecule has 0 unspecified atom stereocenters. The molecule has 1 rings (SSSR count). The van der Waals surface area contributed by atoms with Crippen molar-refractivity contribution in [2.24, 2.45) is 10.8 Å². The van der Waals surface area contributed by atoms with Gasteiger partial charge in [0, 0.05) is 0 Å². The molecule has 0 aromatic rings. The fraction of sp³-hybridized carbons (Fsp3) is 1.00. The van der Waals surface area contributed by atoms with Gasteiger partial charge >= 0.3 is 0 Å². The molecule has 0 aromatic heterocycles. The highest BCUT2D eigenvalue weighted by Crippen LogP contribution is 2.50. The van der Waals surface area contributed by atoms with Crippen LogP contribution in [0.25, 0.3) is 0 Å². The van der Waals surface area contributed by atoms with Crippen LogP contribution in [-0.2, 0) is 4.74 Å². The largest absolute Gasteiger partial charge is 0.375 e. The van der Waals surface area contributed by atoms with Gasteiger partial charge in [-0.15, -0.1) is 0 Å². The van der Waals surface area contributed by atoms with E-state index in [0.717, 1.165) is 6.61 Å². The van der Waals surface area contributed by atoms with Crippen molar-refractivity contribution >= 4 is 0 Å². The molecule has 1 aliphatic rings. The fourth-order valence-electron chi connectivity index (χ4n) is 2.34. The zero-order valence-electron chi connectivity index (χ0n) is 13.6. The molecule has 1 saturated carbocycles. The first-order valence-electron chi connectivity index (χ1n) is 7.76. The third-order valence-electron chi connectivity index (χ3n) is 3.90. The molecule has 0 saturated heterocycles. The fourth-order valence-corrected chi connectivity index (χ4v) is 2.34. The molecule has 1 aliphatic carbocycles. The van der Waals surface area contributed by atoms with Crippen LogP contribution < -0.4 is 0 Å². The van der Waals surface area contributed by atoms with Gasteiger partial charge < -0.3 is 4.74 Å². The number of rotatable bonds is 7. The van der Waals surface area contributed by atoms with E-state index in [4.69, 9.17) is 4.74 Å². The van der Waals surface area contributed by atoms with Crippen LogP contribution in [0.5, 0.6) is 0 Å². The summed E-state index contributed by atoms with van der Waals surface area (Å²) in [6, 6.07) is 0. The summed E-state index contributed by atoms with van der Waals surface area (Å²) in [5.74, 6) is 0. The standard InChI is InChI=1S/C17H34O/c1-15(2,3)10-8-7-9-11-17(12-13-17)14-18-16(4,5)6/h7-14H2,1-6H3. The number of hydrogen-bond acceptors (Lipinski definition) is 1. The van der Waals surface area contributed by atoms with Crippen molar-refractivity contribution < 1.29 is 4.74 Å². The zero-order valence-corrected chi connectivity index (χ0v) is 13.6. The average Bonchev–Trinajstić information content (AvgIpc) is 2.93. The van der Waals surface area contributed by atoms with Crippen LogP contribution in [0, 0.1) is 10.8 Å². The smallest absolute Gasteiger partial charge is 0.0598 e. The Morgan fingerprint density at radius 3 is 1.94 bits per heavy atom. The summed E-state index contributed by atoms with van der Waals surface area (Å²) in [6.07, 6.45) is 9.70. The summed E-state index contributed by atoms with van der Waals surface area (Å²) in [5.41, 5.74) is 1.10. The van der Waals surface area contributed by atoms with Crippen LogP contribution >= 0.6 is 0 Å². The van der Waals surface area contributed by atoms with Crippen molar-refractivity contribution in [3.63, 3.8) is 0 Å². The summed E-state index contributed by atoms with van der Waals surface area (Å²) >= 11 is 0. The molecule has 0 N–H and O–H groups in total. The molecule has 0 aromatic carbocycles. The van der Waals surface area contributed by atoms with E-state index in [2.05, 4.69) is 41.5 Å². The molecule has 18 heavy (non-hydrogen) atoms. The summed E-state index contributed by atoms with van der Waals surface area (Å²) < 4.78 is 5.97. The summed E-state index contributed by atoms with van der Waals surface area (Å²) in [7, 11) is 0. The molecule has 1 heteroatoms. The molecule has 1 nitrogen and oxygen atoms in total. The molecule has 0 radical (unpaired) electrons. The van der Waals surface area contributed by atoms with Gasteiger partial charge in [-0.3, -0.25) is 0 Å². The van der Waals surface area contributed by atoms with Gasteiger partial charge in [0.1, 0.15) is 0 Å². The zero-order chi connectivity index (χ0) is 13.9. The first-order chi connectivity index (χ1) is 8.12. The lowest BCUT2D eigenvalue weighted by molar-refractivity contribution is -0.0298. The van der Waals surface area contributed by atoms with Crippen molar-refractivity contribution in [3.8, 4) is 0 Å². The molecule has 0 spiro atoms. The Kier molecular flexibility index (Phi) is 5.29. The minimum absolute atomic E-state index is 0.0296. The Labute approximate surface area is 115 Å². The van der Waals surface area contributed by atoms with E-state index in [1.54, 1.807) is 0 Å². The van der Waals surface area contributed by atoms with Gasteiger partial charge in [-0.1, -0.05) is 40.0 Å². The highest BCUT2D eigenvalue weighted by atomic mass is 16.5. The maximum absolute atomic E-state index is 5.97. The van der Waals surface area contributed by atoms with Gasteiger partial charge in [-0.25, -0.2) is 0 Å². The van der Waals surface area contributed by atoms with E-state index in [1.165, 1.54) is 44.9 Å². The van der Waals surface area contributed by atoms with E-state index in [1.807, 2.05) is 0 Å². The topological polar surface area (TPSA) is 9.23 Å². The molecule has 0 heterocycles. The van der Waals surface area contributed by atoms with Crippen molar-refractivity contribution in [1.29, 1.82) is 0 Å². The predicted octanol–water partition coefficient (Wildman–Crippen LogP) is 5.58. The van der Waals surface area contributed by atoms with Crippen molar-refractivity contribution in [3.05, 3.63) is 0 Å². The molecule has 1 fully saturated rings. The molecule has 0 atom stereocenters. The SMILES string of the molecule is CC(C)(C)CCCCCC1(COC(C)(C)C)CC1. The molecule has 0 amide bonds. The third kappa shape index (κ3) is 7.41. The van der Waals surface area contributed by atoms with Crippen molar-refractivity contribution in [2.75, 3.05) is 6.61 Å². The van der Waals surface area contributed by atoms with Crippen molar-refractivity contribution in [2.45, 2.75) is 92.1 Å². The van der Waals surface area contributed by atoms with Gasteiger partial charge in [0.25, 0.3) is 0 Å². The number of hydrogen-bond donors (Lipinski definition) is 0. The number of ether oxygens (including phenoxy) is 1. The first kappa shape index (κ1) is 16.0. The molecular weight excluding hydrogens is 220 g/mol. The Morgan fingerprint density at radius 2 is 1.50 bits per heavy atom. The Morgan fingerprint density at radius 1 is 0.889 bits per heavy atom. The Bertz CT molecular complexity index is 237. The van der Waals surface area contributed by atoms with Gasteiger partial charge in [0.2, 0.25) is 0 Å². The Hall–Kier alpha value is -0.0400. The Balaban J connectivity index is 2.08. The molecule has 108 valence electrons.